The van der Waals surface area contributed by atoms with Gasteiger partial charge in [-0.05, 0) is 50.2 Å². The average molecular weight is 395 g/mol. The van der Waals surface area contributed by atoms with Crippen LogP contribution in [0.2, 0.25) is 0 Å². The van der Waals surface area contributed by atoms with E-state index in [0.717, 1.165) is 6.07 Å². The molecule has 148 valence electrons. The number of nitrogens with one attached hydrogen (secondary N) is 1. The van der Waals surface area contributed by atoms with E-state index in [2.05, 4.69) is 0 Å². The number of carbonyl (C=O) groups is 3. The van der Waals surface area contributed by atoms with Crippen LogP contribution in [0, 0.1) is 17.5 Å². The van der Waals surface area contributed by atoms with Crippen molar-refractivity contribution in [2.75, 3.05) is 11.9 Å². The van der Waals surface area contributed by atoms with Gasteiger partial charge in [-0.25, -0.2) is 18.0 Å². The number of hydrogen-bond acceptors (Lipinski definition) is 5. The first kappa shape index (κ1) is 20.9. The van der Waals surface area contributed by atoms with Gasteiger partial charge >= 0.3 is 5.97 Å². The predicted octanol–water partition coefficient (Wildman–Crippen LogP) is 3.26. The summed E-state index contributed by atoms with van der Waals surface area (Å²) in [5, 5.41) is 2.00. The number of hydrogen-bond donors (Lipinski definition) is 1. The molecule has 1 N–H and O–H groups in total. The summed E-state index contributed by atoms with van der Waals surface area (Å²) in [6.07, 6.45) is -1.34. The zero-order chi connectivity index (χ0) is 20.8. The largest absolute Gasteiger partial charge is 0.482 e. The molecular weight excluding hydrogens is 379 g/mol. The highest BCUT2D eigenvalue weighted by Crippen LogP contribution is 2.20. The van der Waals surface area contributed by atoms with E-state index in [-0.39, 0.29) is 5.78 Å². The van der Waals surface area contributed by atoms with Gasteiger partial charge in [-0.3, -0.25) is 9.59 Å². The number of halogens is 3. The van der Waals surface area contributed by atoms with E-state index >= 15 is 0 Å². The molecule has 6 nitrogen and oxygen atoms in total. The normalized spacial score (nSPS) is 11.5. The van der Waals surface area contributed by atoms with Gasteiger partial charge in [0.15, 0.2) is 35.9 Å². The highest BCUT2D eigenvalue weighted by molar-refractivity contribution is 5.95. The van der Waals surface area contributed by atoms with Crippen molar-refractivity contribution in [2.45, 2.75) is 20.0 Å². The van der Waals surface area contributed by atoms with Crippen molar-refractivity contribution in [1.82, 2.24) is 0 Å². The fourth-order valence-electron chi connectivity index (χ4n) is 2.07. The van der Waals surface area contributed by atoms with Gasteiger partial charge in [-0.15, -0.1) is 0 Å². The molecule has 0 aliphatic rings. The van der Waals surface area contributed by atoms with Crippen LogP contribution in [0.15, 0.2) is 36.4 Å². The lowest BCUT2D eigenvalue weighted by atomic mass is 10.1. The minimum Gasteiger partial charge on any atom is -0.482 e. The van der Waals surface area contributed by atoms with Gasteiger partial charge in [0.1, 0.15) is 5.75 Å². The summed E-state index contributed by atoms with van der Waals surface area (Å²) in [6, 6.07) is 7.52. The molecule has 2 aromatic carbocycles. The highest BCUT2D eigenvalue weighted by atomic mass is 19.2. The van der Waals surface area contributed by atoms with Crippen LogP contribution in [0.1, 0.15) is 24.2 Å². The van der Waals surface area contributed by atoms with E-state index in [9.17, 15) is 27.6 Å². The quantitative estimate of drug-likeness (QED) is 0.442. The minimum absolute atomic E-state index is 0.122. The first-order valence-electron chi connectivity index (χ1n) is 8.06. The third-order valence-corrected chi connectivity index (χ3v) is 3.59. The number of esters is 1. The first-order chi connectivity index (χ1) is 13.2. The molecule has 0 radical (unpaired) electrons. The van der Waals surface area contributed by atoms with Crippen LogP contribution < -0.4 is 10.1 Å². The number of rotatable bonds is 7. The van der Waals surface area contributed by atoms with Gasteiger partial charge in [-0.1, -0.05) is 0 Å². The molecule has 2 aromatic rings. The molecule has 0 saturated carbocycles. The Morgan fingerprint density at radius 1 is 1.00 bits per heavy atom. The predicted molar refractivity (Wildman–Crippen MR) is 92.4 cm³/mol. The second-order valence-electron chi connectivity index (χ2n) is 5.71. The van der Waals surface area contributed by atoms with Crippen LogP contribution in [0.25, 0.3) is 0 Å². The van der Waals surface area contributed by atoms with Crippen molar-refractivity contribution in [1.29, 1.82) is 0 Å². The molecule has 0 aliphatic heterocycles. The molecule has 0 aromatic heterocycles. The average Bonchev–Trinajstić information content (AvgIpc) is 2.67. The number of amides is 1. The molecule has 0 aliphatic carbocycles. The minimum atomic E-state index is -1.73. The lowest BCUT2D eigenvalue weighted by Crippen LogP contribution is -2.32. The summed E-state index contributed by atoms with van der Waals surface area (Å²) in [6.45, 7) is 2.11. The van der Waals surface area contributed by atoms with Crippen molar-refractivity contribution in [3.63, 3.8) is 0 Å². The van der Waals surface area contributed by atoms with Crippen molar-refractivity contribution in [2.24, 2.45) is 0 Å². The number of carbonyl (C=O) groups excluding carboxylic acids is 3. The van der Waals surface area contributed by atoms with Crippen LogP contribution in [0.4, 0.5) is 18.9 Å². The van der Waals surface area contributed by atoms with E-state index in [0.29, 0.717) is 17.4 Å². The van der Waals surface area contributed by atoms with Crippen LogP contribution >= 0.6 is 0 Å². The Morgan fingerprint density at radius 3 is 2.25 bits per heavy atom. The van der Waals surface area contributed by atoms with E-state index < -0.39 is 47.7 Å². The van der Waals surface area contributed by atoms with Gasteiger partial charge < -0.3 is 14.8 Å². The molecular formula is C19H16F3NO5. The third kappa shape index (κ3) is 5.32. The molecule has 1 atom stereocenters. The smallest absolute Gasteiger partial charge is 0.344 e. The molecule has 0 heterocycles. The summed E-state index contributed by atoms with van der Waals surface area (Å²) in [5.41, 5.74) is -0.113. The lowest BCUT2D eigenvalue weighted by molar-refractivity contribution is -0.155. The molecule has 0 bridgehead atoms. The van der Waals surface area contributed by atoms with Crippen molar-refractivity contribution in [3.05, 3.63) is 59.4 Å². The number of ketones is 1. The maximum Gasteiger partial charge on any atom is 0.344 e. The Hall–Kier alpha value is -3.36. The molecule has 2 rings (SSSR count). The zero-order valence-corrected chi connectivity index (χ0v) is 14.9. The first-order valence-corrected chi connectivity index (χ1v) is 8.06. The molecule has 0 fully saturated rings. The fourth-order valence-corrected chi connectivity index (χ4v) is 2.07. The van der Waals surface area contributed by atoms with Crippen LogP contribution in [-0.2, 0) is 14.3 Å². The van der Waals surface area contributed by atoms with E-state index in [4.69, 9.17) is 9.47 Å². The zero-order valence-electron chi connectivity index (χ0n) is 14.9. The Bertz CT molecular complexity index is 899. The summed E-state index contributed by atoms with van der Waals surface area (Å²) >= 11 is 0. The van der Waals surface area contributed by atoms with E-state index in [1.54, 1.807) is 0 Å². The van der Waals surface area contributed by atoms with Gasteiger partial charge in [0, 0.05) is 5.56 Å². The van der Waals surface area contributed by atoms with Gasteiger partial charge in [0.25, 0.3) is 5.91 Å². The molecule has 1 amide bonds. The molecule has 28 heavy (non-hydrogen) atoms. The van der Waals surface area contributed by atoms with Gasteiger partial charge in [0.05, 0.1) is 5.69 Å². The van der Waals surface area contributed by atoms with E-state index in [1.807, 2.05) is 5.32 Å². The van der Waals surface area contributed by atoms with E-state index in [1.165, 1.54) is 38.1 Å². The van der Waals surface area contributed by atoms with Gasteiger partial charge in [-0.2, -0.15) is 0 Å². The third-order valence-electron chi connectivity index (χ3n) is 3.59. The van der Waals surface area contributed by atoms with Crippen molar-refractivity contribution < 1.29 is 37.0 Å². The van der Waals surface area contributed by atoms with Crippen LogP contribution in [0.5, 0.6) is 5.75 Å². The summed E-state index contributed by atoms with van der Waals surface area (Å²) in [5.74, 6) is -6.33. The highest BCUT2D eigenvalue weighted by Gasteiger charge is 2.21. The number of benzene rings is 2. The summed E-state index contributed by atoms with van der Waals surface area (Å²) in [7, 11) is 0. The molecule has 0 unspecified atom stereocenters. The van der Waals surface area contributed by atoms with Crippen molar-refractivity contribution >= 4 is 23.3 Å². The standard InChI is InChI=1S/C19H16F3NO5/c1-10(24)12-3-5-13(6-4-12)27-9-16(25)28-11(2)19(26)23-15-8-7-14(20)17(21)18(15)22/h3-8,11H,9H2,1-2H3,(H,23,26)/t11-/m0/s1. The Morgan fingerprint density at radius 2 is 1.64 bits per heavy atom. The molecule has 0 spiro atoms. The second-order valence-corrected chi connectivity index (χ2v) is 5.71. The maximum atomic E-state index is 13.6. The summed E-state index contributed by atoms with van der Waals surface area (Å²) in [4.78, 5) is 34.9. The van der Waals surface area contributed by atoms with Crippen LogP contribution in [0.3, 0.4) is 0 Å². The number of ether oxygens (including phenoxy) is 2. The SMILES string of the molecule is CC(=O)c1ccc(OCC(=O)O[C@@H](C)C(=O)Nc2ccc(F)c(F)c2F)cc1. The van der Waals surface area contributed by atoms with Crippen LogP contribution in [-0.4, -0.2) is 30.4 Å². The Balaban J connectivity index is 1.86. The monoisotopic (exact) mass is 395 g/mol. The summed E-state index contributed by atoms with van der Waals surface area (Å²) < 4.78 is 49.6. The Kier molecular flexibility index (Phi) is 6.75. The topological polar surface area (TPSA) is 81.7 Å². The number of anilines is 1. The molecule has 0 saturated heterocycles. The van der Waals surface area contributed by atoms with Crippen molar-refractivity contribution in [3.8, 4) is 5.75 Å². The lowest BCUT2D eigenvalue weighted by Gasteiger charge is -2.14. The Labute approximate surface area is 158 Å². The van der Waals surface area contributed by atoms with Gasteiger partial charge in [0.2, 0.25) is 0 Å². The molecule has 9 heteroatoms. The number of Topliss-reactive ketones (excluding diaryl/α,β-unsaturated/α-hetero) is 1. The fraction of sp³-hybridized carbons (Fsp3) is 0.211. The maximum absolute atomic E-state index is 13.6. The second kappa shape index (κ2) is 9.03.